The van der Waals surface area contributed by atoms with Crippen LogP contribution in [0, 0.1) is 0 Å². The van der Waals surface area contributed by atoms with E-state index in [-0.39, 0.29) is 25.4 Å². The summed E-state index contributed by atoms with van der Waals surface area (Å²) in [5.74, 6) is -3.75. The number of aliphatic hydroxyl groups excluding tert-OH is 3. The van der Waals surface area contributed by atoms with Gasteiger partial charge in [-0.2, -0.15) is 25.3 Å². The van der Waals surface area contributed by atoms with Crippen LogP contribution in [0.2, 0.25) is 0 Å². The molecule has 21 nitrogen and oxygen atoms in total. The zero-order valence-corrected chi connectivity index (χ0v) is 57.9. The average molecular weight is 1350 g/mol. The predicted octanol–water partition coefficient (Wildman–Crippen LogP) is 14.5. The van der Waals surface area contributed by atoms with E-state index < -0.39 is 118 Å². The molecule has 1 aromatic carbocycles. The van der Waals surface area contributed by atoms with E-state index in [1.165, 1.54) is 173 Å². The Kier molecular flexibility index (Phi) is 53.4. The SMILES string of the molecule is CCCCCCCCCCCCCCCCOS(=O)(=O)OCC(O)COC(=O)c1ccc(C(=O)OCC(O)COS(=O)(=O)OCCCCCCCCCCCCCCCC)c(C(=O)OCC(O)COS(=O)(=O)OCCCCCCCCCCCCCCCC)c1. The molecular weight excluding hydrogens is 1220 g/mol. The highest BCUT2D eigenvalue weighted by molar-refractivity contribution is 7.82. The lowest BCUT2D eigenvalue weighted by Crippen LogP contribution is -2.28. The maximum Gasteiger partial charge on any atom is 0.399 e. The highest BCUT2D eigenvalue weighted by atomic mass is 32.3. The minimum absolute atomic E-state index is 0.114. The molecule has 0 aliphatic rings. The normalized spacial score (nSPS) is 13.1. The molecular formula is C66H120O21S3. The molecule has 3 N–H and O–H groups in total. The summed E-state index contributed by atoms with van der Waals surface area (Å²) in [6.45, 7) is 1.21. The summed E-state index contributed by atoms with van der Waals surface area (Å²) in [6, 6.07) is 2.87. The highest BCUT2D eigenvalue weighted by Crippen LogP contribution is 2.20. The third-order valence-corrected chi connectivity index (χ3v) is 17.9. The maximum atomic E-state index is 13.5. The van der Waals surface area contributed by atoms with Crippen LogP contribution in [0.15, 0.2) is 18.2 Å². The number of ether oxygens (including phenoxy) is 3. The molecule has 0 aromatic heterocycles. The third-order valence-electron chi connectivity index (χ3n) is 15.3. The van der Waals surface area contributed by atoms with Crippen LogP contribution in [0.1, 0.15) is 322 Å². The predicted molar refractivity (Wildman–Crippen MR) is 349 cm³/mol. The molecule has 0 saturated heterocycles. The van der Waals surface area contributed by atoms with Crippen LogP contribution < -0.4 is 0 Å². The summed E-state index contributed by atoms with van der Waals surface area (Å²) in [6.07, 6.45) is 42.2. The molecule has 3 unspecified atom stereocenters. The lowest BCUT2D eigenvalue weighted by atomic mass is 10.0. The van der Waals surface area contributed by atoms with Gasteiger partial charge in [0.05, 0.1) is 56.3 Å². The summed E-state index contributed by atoms with van der Waals surface area (Å²) >= 11 is 0. The van der Waals surface area contributed by atoms with E-state index in [4.69, 9.17) is 39.3 Å². The number of benzene rings is 1. The Labute approximate surface area is 543 Å². The van der Waals surface area contributed by atoms with Crippen molar-refractivity contribution < 1.29 is 94.3 Å². The molecule has 3 atom stereocenters. The molecule has 0 spiro atoms. The van der Waals surface area contributed by atoms with Gasteiger partial charge >= 0.3 is 49.1 Å². The number of carbonyl (C=O) groups is 3. The Bertz CT molecular complexity index is 2270. The first-order valence-corrected chi connectivity index (χ1v) is 38.7. The van der Waals surface area contributed by atoms with Crippen molar-refractivity contribution in [3.8, 4) is 0 Å². The molecule has 1 rings (SSSR count). The molecule has 0 heterocycles. The van der Waals surface area contributed by atoms with Crippen molar-refractivity contribution in [2.75, 3.05) is 59.5 Å². The second-order valence-corrected chi connectivity index (χ2v) is 27.7. The topological polar surface area (TPSA) is 297 Å². The number of esters is 3. The molecule has 1 aromatic rings. The first-order valence-electron chi connectivity index (χ1n) is 34.7. The van der Waals surface area contributed by atoms with Gasteiger partial charge in [-0.15, -0.1) is 0 Å². The molecule has 0 radical (unpaired) electrons. The largest absolute Gasteiger partial charge is 0.459 e. The van der Waals surface area contributed by atoms with Crippen molar-refractivity contribution in [2.24, 2.45) is 0 Å². The van der Waals surface area contributed by atoms with E-state index in [0.29, 0.717) is 19.3 Å². The number of unbranched alkanes of at least 4 members (excludes halogenated alkanes) is 39. The lowest BCUT2D eigenvalue weighted by Gasteiger charge is -2.15. The first-order chi connectivity index (χ1) is 43.3. The van der Waals surface area contributed by atoms with Crippen LogP contribution in [-0.2, 0) is 70.5 Å². The van der Waals surface area contributed by atoms with Gasteiger partial charge < -0.3 is 29.5 Å². The standard InChI is InChI=1S/C66H120O21S3/c1-4-7-10-13-16-19-22-25-28-31-34-37-40-43-48-82-88(73,74)85-55-59(67)52-79-64(70)58-46-47-62(65(71)80-53-60(68)56-86-89(75,76)83-49-44-41-38-35-32-29-26-23-20-17-14-11-8-5-2)63(51-58)66(72)81-54-61(69)57-87-90(77,78)84-50-45-42-39-36-33-30-27-24-21-18-15-12-9-6-3/h46-47,51,59-61,67-69H,4-45,48-50,52-57H2,1-3H3. The fourth-order valence-corrected chi connectivity index (χ4v) is 12.0. The highest BCUT2D eigenvalue weighted by Gasteiger charge is 2.26. The summed E-state index contributed by atoms with van der Waals surface area (Å²) in [5, 5.41) is 31.4. The van der Waals surface area contributed by atoms with E-state index in [1.54, 1.807) is 0 Å². The molecule has 0 bridgehead atoms. The molecule has 0 fully saturated rings. The van der Waals surface area contributed by atoms with Gasteiger partial charge in [-0.3, -0.25) is 0 Å². The Morgan fingerprint density at radius 2 is 0.522 bits per heavy atom. The van der Waals surface area contributed by atoms with Crippen molar-refractivity contribution in [2.45, 2.75) is 309 Å². The van der Waals surface area contributed by atoms with E-state index >= 15 is 0 Å². The van der Waals surface area contributed by atoms with Crippen LogP contribution >= 0.6 is 0 Å². The summed E-state index contributed by atoms with van der Waals surface area (Å²) in [5.41, 5.74) is -1.55. The molecule has 24 heteroatoms. The Morgan fingerprint density at radius 1 is 0.300 bits per heavy atom. The monoisotopic (exact) mass is 1340 g/mol. The van der Waals surface area contributed by atoms with E-state index in [0.717, 1.165) is 95.2 Å². The summed E-state index contributed by atoms with van der Waals surface area (Å²) in [4.78, 5) is 40.1. The number of hydrogen-bond acceptors (Lipinski definition) is 21. The van der Waals surface area contributed by atoms with Crippen LogP contribution in [0.25, 0.3) is 0 Å². The van der Waals surface area contributed by atoms with Gasteiger partial charge in [-0.1, -0.05) is 271 Å². The van der Waals surface area contributed by atoms with Gasteiger partial charge in [0.15, 0.2) is 0 Å². The molecule has 0 aliphatic heterocycles. The average Bonchev–Trinajstić information content (AvgIpc) is 1.20. The minimum atomic E-state index is -4.54. The molecule has 528 valence electrons. The van der Waals surface area contributed by atoms with Gasteiger partial charge in [-0.25, -0.2) is 39.5 Å². The molecule has 0 aliphatic carbocycles. The van der Waals surface area contributed by atoms with Crippen molar-refractivity contribution in [1.29, 1.82) is 0 Å². The summed E-state index contributed by atoms with van der Waals surface area (Å²) < 4.78 is 119. The van der Waals surface area contributed by atoms with Crippen molar-refractivity contribution >= 4 is 49.1 Å². The van der Waals surface area contributed by atoms with Crippen LogP contribution in [0.3, 0.4) is 0 Å². The van der Waals surface area contributed by atoms with E-state index in [1.807, 2.05) is 0 Å². The van der Waals surface area contributed by atoms with Crippen LogP contribution in [0.4, 0.5) is 0 Å². The molecule has 0 saturated carbocycles. The van der Waals surface area contributed by atoms with Crippen molar-refractivity contribution in [1.82, 2.24) is 0 Å². The Morgan fingerprint density at radius 3 is 0.778 bits per heavy atom. The summed E-state index contributed by atoms with van der Waals surface area (Å²) in [7, 11) is -13.6. The van der Waals surface area contributed by atoms with Crippen LogP contribution in [0.5, 0.6) is 0 Å². The molecule has 90 heavy (non-hydrogen) atoms. The zero-order chi connectivity index (χ0) is 66.2. The lowest BCUT2D eigenvalue weighted by molar-refractivity contribution is 0.00840. The van der Waals surface area contributed by atoms with Gasteiger partial charge in [0.1, 0.15) is 38.1 Å². The molecule has 0 amide bonds. The van der Waals surface area contributed by atoms with E-state index in [2.05, 4.69) is 20.8 Å². The second kappa shape index (κ2) is 56.5. The Hall–Kier alpha value is -2.88. The fraction of sp³-hybridized carbons (Fsp3) is 0.864. The van der Waals surface area contributed by atoms with E-state index in [9.17, 15) is 55.0 Å². The smallest absolute Gasteiger partial charge is 0.399 e. The van der Waals surface area contributed by atoms with Crippen molar-refractivity contribution in [3.63, 3.8) is 0 Å². The first kappa shape index (κ1) is 85.1. The fourth-order valence-electron chi connectivity index (χ4n) is 9.88. The minimum Gasteiger partial charge on any atom is -0.459 e. The zero-order valence-electron chi connectivity index (χ0n) is 55.4. The van der Waals surface area contributed by atoms with Crippen molar-refractivity contribution in [3.05, 3.63) is 34.9 Å². The van der Waals surface area contributed by atoms with Gasteiger partial charge in [0.2, 0.25) is 0 Å². The number of carbonyl (C=O) groups excluding carboxylic acids is 3. The van der Waals surface area contributed by atoms with Crippen LogP contribution in [-0.4, -0.2) is 136 Å². The third kappa shape index (κ3) is 50.6. The second-order valence-electron chi connectivity index (χ2n) is 23.9. The maximum absolute atomic E-state index is 13.5. The Balaban J connectivity index is 2.73. The van der Waals surface area contributed by atoms with Gasteiger partial charge in [-0.05, 0) is 37.5 Å². The number of aliphatic hydroxyl groups is 3. The number of hydrogen-bond donors (Lipinski definition) is 3. The quantitative estimate of drug-likeness (QED) is 0.0310. The van der Waals surface area contributed by atoms with Gasteiger partial charge in [0.25, 0.3) is 0 Å². The van der Waals surface area contributed by atoms with Gasteiger partial charge in [0, 0.05) is 0 Å². The number of rotatable bonds is 66.